The number of nitrogens with zero attached hydrogens (tertiary/aromatic N) is 1. The minimum Gasteiger partial charge on any atom is -0.497 e. The highest BCUT2D eigenvalue weighted by Gasteiger charge is 2.19. The minimum atomic E-state index is -0.361. The molecule has 0 fully saturated rings. The van der Waals surface area contributed by atoms with E-state index in [4.69, 9.17) is 20.8 Å². The lowest BCUT2D eigenvalue weighted by atomic mass is 10.1. The van der Waals surface area contributed by atoms with Crippen molar-refractivity contribution in [2.45, 2.75) is 6.92 Å². The number of rotatable bonds is 4. The molecule has 1 N–H and O–H groups in total. The summed E-state index contributed by atoms with van der Waals surface area (Å²) in [6.07, 6.45) is 1.25. The lowest BCUT2D eigenvalue weighted by molar-refractivity contribution is 0.102. The summed E-state index contributed by atoms with van der Waals surface area (Å²) in [6.45, 7) is 1.89. The lowest BCUT2D eigenvalue weighted by Crippen LogP contribution is -2.14. The molecule has 6 heteroatoms. The fourth-order valence-corrected chi connectivity index (χ4v) is 2.44. The fraction of sp³-hybridized carbons (Fsp3) is 0.111. The highest BCUT2D eigenvalue weighted by molar-refractivity contribution is 6.31. The number of carbonyl (C=O) groups excluding carboxylic acids is 1. The van der Waals surface area contributed by atoms with E-state index in [0.29, 0.717) is 16.5 Å². The number of hydrogen-bond acceptors (Lipinski definition) is 4. The average molecular weight is 343 g/mol. The smallest absolute Gasteiger partial charge is 0.278 e. The zero-order valence-corrected chi connectivity index (χ0v) is 13.9. The summed E-state index contributed by atoms with van der Waals surface area (Å²) in [6, 6.07) is 12.5. The second-order valence-electron chi connectivity index (χ2n) is 5.17. The maximum Gasteiger partial charge on any atom is 0.278 e. The normalized spacial score (nSPS) is 10.5. The van der Waals surface area contributed by atoms with Crippen LogP contribution in [0.1, 0.15) is 16.1 Å². The molecule has 0 bridgehead atoms. The van der Waals surface area contributed by atoms with Crippen LogP contribution in [0.3, 0.4) is 0 Å². The van der Waals surface area contributed by atoms with Crippen molar-refractivity contribution in [1.82, 2.24) is 4.98 Å². The van der Waals surface area contributed by atoms with Gasteiger partial charge in [-0.2, -0.15) is 0 Å². The van der Waals surface area contributed by atoms with Crippen LogP contribution in [0.5, 0.6) is 5.75 Å². The van der Waals surface area contributed by atoms with Crippen LogP contribution in [-0.2, 0) is 0 Å². The van der Waals surface area contributed by atoms with Crippen molar-refractivity contribution in [2.75, 3.05) is 12.4 Å². The molecule has 2 aromatic carbocycles. The summed E-state index contributed by atoms with van der Waals surface area (Å²) < 4.78 is 10.5. The Bertz CT molecular complexity index is 872. The SMILES string of the molecule is COc1ccc(-c2ocnc2C(=O)Nc2cc(Cl)ccc2C)cc1. The number of aromatic nitrogens is 1. The average Bonchev–Trinajstić information content (AvgIpc) is 3.08. The number of aryl methyl sites for hydroxylation is 1. The summed E-state index contributed by atoms with van der Waals surface area (Å²) >= 11 is 5.98. The van der Waals surface area contributed by atoms with Crippen LogP contribution in [0.15, 0.2) is 53.3 Å². The van der Waals surface area contributed by atoms with E-state index in [1.807, 2.05) is 13.0 Å². The third-order valence-corrected chi connectivity index (χ3v) is 3.82. The number of halogens is 1. The van der Waals surface area contributed by atoms with E-state index in [9.17, 15) is 4.79 Å². The highest BCUT2D eigenvalue weighted by atomic mass is 35.5. The van der Waals surface area contributed by atoms with Crippen LogP contribution in [0, 0.1) is 6.92 Å². The molecule has 3 aromatic rings. The van der Waals surface area contributed by atoms with Crippen LogP contribution in [0.4, 0.5) is 5.69 Å². The molecule has 1 aromatic heterocycles. The van der Waals surface area contributed by atoms with Gasteiger partial charge in [0.15, 0.2) is 17.8 Å². The summed E-state index contributed by atoms with van der Waals surface area (Å²) in [7, 11) is 1.59. The van der Waals surface area contributed by atoms with Gasteiger partial charge in [-0.05, 0) is 48.9 Å². The van der Waals surface area contributed by atoms with Crippen molar-refractivity contribution in [1.29, 1.82) is 0 Å². The van der Waals surface area contributed by atoms with Crippen molar-refractivity contribution in [3.63, 3.8) is 0 Å². The van der Waals surface area contributed by atoms with E-state index in [1.165, 1.54) is 6.39 Å². The zero-order valence-electron chi connectivity index (χ0n) is 13.2. The zero-order chi connectivity index (χ0) is 17.1. The van der Waals surface area contributed by atoms with Crippen molar-refractivity contribution in [2.24, 2.45) is 0 Å². The standard InChI is InChI=1S/C18H15ClN2O3/c1-11-3-6-13(19)9-15(11)21-18(22)16-17(24-10-20-16)12-4-7-14(23-2)8-5-12/h3-10H,1-2H3,(H,21,22). The van der Waals surface area contributed by atoms with Gasteiger partial charge in [-0.1, -0.05) is 17.7 Å². The molecule has 0 saturated carbocycles. The molecule has 0 radical (unpaired) electrons. The Kier molecular flexibility index (Phi) is 4.53. The molecule has 0 spiro atoms. The first-order chi connectivity index (χ1) is 11.6. The number of benzene rings is 2. The van der Waals surface area contributed by atoms with Gasteiger partial charge in [0.05, 0.1) is 7.11 Å². The Morgan fingerprint density at radius 3 is 2.67 bits per heavy atom. The second kappa shape index (κ2) is 6.76. The molecule has 24 heavy (non-hydrogen) atoms. The molecule has 0 saturated heterocycles. The van der Waals surface area contributed by atoms with E-state index in [1.54, 1.807) is 43.5 Å². The van der Waals surface area contributed by atoms with Crippen molar-refractivity contribution in [3.8, 4) is 17.1 Å². The number of nitrogens with one attached hydrogen (secondary N) is 1. The largest absolute Gasteiger partial charge is 0.497 e. The van der Waals surface area contributed by atoms with E-state index in [-0.39, 0.29) is 11.6 Å². The molecule has 122 valence electrons. The maximum absolute atomic E-state index is 12.6. The Morgan fingerprint density at radius 2 is 1.96 bits per heavy atom. The van der Waals surface area contributed by atoms with Crippen molar-refractivity contribution in [3.05, 3.63) is 65.1 Å². The number of ether oxygens (including phenoxy) is 1. The number of oxazole rings is 1. The Balaban J connectivity index is 1.88. The predicted octanol–water partition coefficient (Wildman–Crippen LogP) is 4.56. The maximum atomic E-state index is 12.6. The van der Waals surface area contributed by atoms with Crippen LogP contribution in [0.2, 0.25) is 5.02 Å². The quantitative estimate of drug-likeness (QED) is 0.754. The van der Waals surface area contributed by atoms with E-state index in [0.717, 1.165) is 16.9 Å². The fourth-order valence-electron chi connectivity index (χ4n) is 2.27. The van der Waals surface area contributed by atoms with Crippen LogP contribution >= 0.6 is 11.6 Å². The molecule has 0 aliphatic rings. The molecular formula is C18H15ClN2O3. The second-order valence-corrected chi connectivity index (χ2v) is 5.61. The van der Waals surface area contributed by atoms with Gasteiger partial charge in [-0.25, -0.2) is 4.98 Å². The third kappa shape index (κ3) is 3.26. The number of hydrogen-bond donors (Lipinski definition) is 1. The molecule has 3 rings (SSSR count). The Labute approximate surface area is 144 Å². The summed E-state index contributed by atoms with van der Waals surface area (Å²) in [4.78, 5) is 16.6. The molecule has 5 nitrogen and oxygen atoms in total. The first-order valence-electron chi connectivity index (χ1n) is 7.24. The molecule has 1 amide bonds. The number of amides is 1. The monoisotopic (exact) mass is 342 g/mol. The van der Waals surface area contributed by atoms with Gasteiger partial charge >= 0.3 is 0 Å². The summed E-state index contributed by atoms with van der Waals surface area (Å²) in [5, 5.41) is 3.36. The predicted molar refractivity (Wildman–Crippen MR) is 92.6 cm³/mol. The molecule has 0 unspecified atom stereocenters. The van der Waals surface area contributed by atoms with Crippen molar-refractivity contribution >= 4 is 23.2 Å². The highest BCUT2D eigenvalue weighted by Crippen LogP contribution is 2.27. The van der Waals surface area contributed by atoms with E-state index >= 15 is 0 Å². The Hall–Kier alpha value is -2.79. The molecule has 0 aliphatic heterocycles. The number of methoxy groups -OCH3 is 1. The van der Waals surface area contributed by atoms with Gasteiger partial charge < -0.3 is 14.5 Å². The van der Waals surface area contributed by atoms with Gasteiger partial charge in [0.2, 0.25) is 0 Å². The topological polar surface area (TPSA) is 64.4 Å². The molecule has 0 aliphatic carbocycles. The first kappa shape index (κ1) is 16.1. The first-order valence-corrected chi connectivity index (χ1v) is 7.61. The minimum absolute atomic E-state index is 0.208. The van der Waals surface area contributed by atoms with Crippen LogP contribution < -0.4 is 10.1 Å². The van der Waals surface area contributed by atoms with E-state index < -0.39 is 0 Å². The van der Waals surface area contributed by atoms with Gasteiger partial charge in [0.25, 0.3) is 5.91 Å². The molecule has 1 heterocycles. The van der Waals surface area contributed by atoms with Gasteiger partial charge in [-0.3, -0.25) is 4.79 Å². The molecule has 0 atom stereocenters. The summed E-state index contributed by atoms with van der Waals surface area (Å²) in [5.74, 6) is 0.758. The van der Waals surface area contributed by atoms with E-state index in [2.05, 4.69) is 10.3 Å². The van der Waals surface area contributed by atoms with Gasteiger partial charge in [0, 0.05) is 16.3 Å². The van der Waals surface area contributed by atoms with Crippen molar-refractivity contribution < 1.29 is 13.9 Å². The Morgan fingerprint density at radius 1 is 1.21 bits per heavy atom. The van der Waals surface area contributed by atoms with Crippen LogP contribution in [0.25, 0.3) is 11.3 Å². The lowest BCUT2D eigenvalue weighted by Gasteiger charge is -2.08. The molecular weight excluding hydrogens is 328 g/mol. The third-order valence-electron chi connectivity index (χ3n) is 3.58. The van der Waals surface area contributed by atoms with Gasteiger partial charge in [0.1, 0.15) is 5.75 Å². The number of carbonyl (C=O) groups is 1. The number of anilines is 1. The van der Waals surface area contributed by atoms with Gasteiger partial charge in [-0.15, -0.1) is 0 Å². The summed E-state index contributed by atoms with van der Waals surface area (Å²) in [5.41, 5.74) is 2.49. The van der Waals surface area contributed by atoms with Crippen LogP contribution in [-0.4, -0.2) is 18.0 Å².